The lowest BCUT2D eigenvalue weighted by molar-refractivity contribution is -0.168. The quantitative estimate of drug-likeness (QED) is 0.819. The standard InChI is InChI=1S/C20H25FN2O3/c1-19(2)13-10-11-20(19,3)18(26)23(17(13)25)12-6-9-16(24)22-15-8-5-4-7-14(15)21/h4-5,7-8,13H,6,9-12H2,1-3H3,(H,22,24). The van der Waals surface area contributed by atoms with Crippen molar-refractivity contribution in [3.05, 3.63) is 30.1 Å². The SMILES string of the molecule is CC12CCC(C(=O)N(CCCC(=O)Nc3ccccc3F)C1=O)C2(C)C. The van der Waals surface area contributed by atoms with Gasteiger partial charge in [0.25, 0.3) is 0 Å². The summed E-state index contributed by atoms with van der Waals surface area (Å²) in [5.41, 5.74) is -0.726. The molecule has 2 aliphatic rings. The highest BCUT2D eigenvalue weighted by Crippen LogP contribution is 2.60. The summed E-state index contributed by atoms with van der Waals surface area (Å²) in [6.45, 7) is 6.17. The first-order valence-electron chi connectivity index (χ1n) is 9.08. The van der Waals surface area contributed by atoms with Crippen molar-refractivity contribution in [1.82, 2.24) is 4.90 Å². The molecule has 2 unspecified atom stereocenters. The Morgan fingerprint density at radius 1 is 1.27 bits per heavy atom. The van der Waals surface area contributed by atoms with Gasteiger partial charge in [0.2, 0.25) is 17.7 Å². The lowest BCUT2D eigenvalue weighted by Gasteiger charge is -2.47. The summed E-state index contributed by atoms with van der Waals surface area (Å²) in [5.74, 6) is -1.21. The van der Waals surface area contributed by atoms with Crippen molar-refractivity contribution in [3.8, 4) is 0 Å². The number of rotatable bonds is 5. The van der Waals surface area contributed by atoms with Gasteiger partial charge in [0, 0.05) is 18.9 Å². The van der Waals surface area contributed by atoms with E-state index in [9.17, 15) is 18.8 Å². The first-order valence-corrected chi connectivity index (χ1v) is 9.08. The van der Waals surface area contributed by atoms with Crippen LogP contribution in [-0.4, -0.2) is 29.2 Å². The highest BCUT2D eigenvalue weighted by molar-refractivity contribution is 6.03. The molecule has 26 heavy (non-hydrogen) atoms. The molecule has 1 heterocycles. The van der Waals surface area contributed by atoms with Crippen LogP contribution in [0.25, 0.3) is 0 Å². The minimum Gasteiger partial charge on any atom is -0.324 e. The molecule has 140 valence electrons. The molecule has 0 spiro atoms. The summed E-state index contributed by atoms with van der Waals surface area (Å²) >= 11 is 0. The fraction of sp³-hybridized carbons (Fsp3) is 0.550. The van der Waals surface area contributed by atoms with Gasteiger partial charge in [-0.3, -0.25) is 19.3 Å². The van der Waals surface area contributed by atoms with Crippen LogP contribution in [0.15, 0.2) is 24.3 Å². The van der Waals surface area contributed by atoms with Crippen molar-refractivity contribution in [2.75, 3.05) is 11.9 Å². The van der Waals surface area contributed by atoms with Crippen molar-refractivity contribution in [2.45, 2.75) is 46.5 Å². The van der Waals surface area contributed by atoms with Gasteiger partial charge in [0.05, 0.1) is 11.1 Å². The number of carbonyl (C=O) groups excluding carboxylic acids is 3. The monoisotopic (exact) mass is 360 g/mol. The van der Waals surface area contributed by atoms with Gasteiger partial charge in [-0.15, -0.1) is 0 Å². The maximum atomic E-state index is 13.6. The number of likely N-dealkylation sites (tertiary alicyclic amines) is 1. The fourth-order valence-corrected chi connectivity index (χ4v) is 4.29. The Morgan fingerprint density at radius 3 is 2.65 bits per heavy atom. The van der Waals surface area contributed by atoms with Crippen LogP contribution in [0.2, 0.25) is 0 Å². The fourth-order valence-electron chi connectivity index (χ4n) is 4.29. The second-order valence-corrected chi connectivity index (χ2v) is 8.07. The number of halogens is 1. The molecule has 1 aliphatic carbocycles. The van der Waals surface area contributed by atoms with E-state index in [1.54, 1.807) is 12.1 Å². The van der Waals surface area contributed by atoms with Crippen LogP contribution in [0.5, 0.6) is 0 Å². The van der Waals surface area contributed by atoms with Crippen LogP contribution in [0.1, 0.15) is 46.5 Å². The maximum Gasteiger partial charge on any atom is 0.235 e. The van der Waals surface area contributed by atoms with Crippen molar-refractivity contribution in [1.29, 1.82) is 0 Å². The number of nitrogens with one attached hydrogen (secondary N) is 1. The summed E-state index contributed by atoms with van der Waals surface area (Å²) in [4.78, 5) is 39.0. The average Bonchev–Trinajstić information content (AvgIpc) is 2.77. The normalized spacial score (nSPS) is 26.9. The van der Waals surface area contributed by atoms with E-state index in [2.05, 4.69) is 5.32 Å². The van der Waals surface area contributed by atoms with Gasteiger partial charge in [0.1, 0.15) is 5.82 Å². The lowest BCUT2D eigenvalue weighted by atomic mass is 9.62. The number of amides is 3. The molecule has 1 aliphatic heterocycles. The van der Waals surface area contributed by atoms with E-state index >= 15 is 0 Å². The maximum absolute atomic E-state index is 13.6. The predicted molar refractivity (Wildman–Crippen MR) is 95.6 cm³/mol. The van der Waals surface area contributed by atoms with Crippen LogP contribution in [0, 0.1) is 22.6 Å². The molecule has 1 saturated heterocycles. The number of anilines is 1. The number of benzene rings is 1. The highest BCUT2D eigenvalue weighted by atomic mass is 19.1. The van der Waals surface area contributed by atoms with Crippen LogP contribution in [0.4, 0.5) is 10.1 Å². The van der Waals surface area contributed by atoms with Gasteiger partial charge in [-0.2, -0.15) is 0 Å². The van der Waals surface area contributed by atoms with E-state index in [0.29, 0.717) is 6.42 Å². The van der Waals surface area contributed by atoms with E-state index in [0.717, 1.165) is 12.8 Å². The third-order valence-corrected chi connectivity index (χ3v) is 6.44. The lowest BCUT2D eigenvalue weighted by Crippen LogP contribution is -2.59. The number of fused-ring (bicyclic) bond motifs is 2. The molecular formula is C20H25FN2O3. The van der Waals surface area contributed by atoms with E-state index < -0.39 is 11.2 Å². The molecule has 2 fully saturated rings. The molecule has 1 N–H and O–H groups in total. The molecule has 0 radical (unpaired) electrons. The molecule has 1 saturated carbocycles. The zero-order valence-electron chi connectivity index (χ0n) is 15.5. The molecule has 1 aromatic carbocycles. The largest absolute Gasteiger partial charge is 0.324 e. The molecular weight excluding hydrogens is 335 g/mol. The number of piperidine rings is 1. The topological polar surface area (TPSA) is 66.5 Å². The number of nitrogens with zero attached hydrogens (tertiary/aromatic N) is 1. The first-order chi connectivity index (χ1) is 12.2. The summed E-state index contributed by atoms with van der Waals surface area (Å²) in [6, 6.07) is 5.96. The average molecular weight is 360 g/mol. The van der Waals surface area contributed by atoms with Crippen LogP contribution in [-0.2, 0) is 14.4 Å². The first kappa shape index (κ1) is 18.5. The zero-order chi connectivity index (χ0) is 19.1. The number of hydrogen-bond donors (Lipinski definition) is 1. The van der Waals surface area contributed by atoms with E-state index in [1.807, 2.05) is 20.8 Å². The van der Waals surface area contributed by atoms with E-state index in [1.165, 1.54) is 17.0 Å². The minimum atomic E-state index is -0.527. The van der Waals surface area contributed by atoms with E-state index in [4.69, 9.17) is 0 Å². The van der Waals surface area contributed by atoms with Crippen molar-refractivity contribution in [3.63, 3.8) is 0 Å². The number of para-hydroxylation sites is 1. The molecule has 2 bridgehead atoms. The Labute approximate surface area is 152 Å². The summed E-state index contributed by atoms with van der Waals surface area (Å²) in [5, 5.41) is 2.52. The molecule has 6 heteroatoms. The van der Waals surface area contributed by atoms with Crippen molar-refractivity contribution in [2.24, 2.45) is 16.7 Å². The predicted octanol–water partition coefficient (Wildman–Crippen LogP) is 3.36. The highest BCUT2D eigenvalue weighted by Gasteiger charge is 2.64. The molecule has 5 nitrogen and oxygen atoms in total. The number of carbonyl (C=O) groups is 3. The molecule has 2 atom stereocenters. The van der Waals surface area contributed by atoms with Crippen LogP contribution < -0.4 is 5.32 Å². The van der Waals surface area contributed by atoms with Gasteiger partial charge in [-0.05, 0) is 36.8 Å². The third-order valence-electron chi connectivity index (χ3n) is 6.44. The van der Waals surface area contributed by atoms with Crippen LogP contribution >= 0.6 is 0 Å². The zero-order valence-corrected chi connectivity index (χ0v) is 15.5. The Kier molecular flexibility index (Phi) is 4.63. The second kappa shape index (κ2) is 6.49. The smallest absolute Gasteiger partial charge is 0.235 e. The molecule has 3 amide bonds. The number of imide groups is 1. The molecule has 3 rings (SSSR count). The van der Waals surface area contributed by atoms with Gasteiger partial charge < -0.3 is 5.32 Å². The van der Waals surface area contributed by atoms with Crippen molar-refractivity contribution >= 4 is 23.4 Å². The Morgan fingerprint density at radius 2 is 1.96 bits per heavy atom. The van der Waals surface area contributed by atoms with Gasteiger partial charge in [-0.1, -0.05) is 32.9 Å². The van der Waals surface area contributed by atoms with Gasteiger partial charge >= 0.3 is 0 Å². The van der Waals surface area contributed by atoms with E-state index in [-0.39, 0.29) is 47.7 Å². The van der Waals surface area contributed by atoms with Crippen LogP contribution in [0.3, 0.4) is 0 Å². The Hall–Kier alpha value is -2.24. The Bertz CT molecular complexity index is 761. The van der Waals surface area contributed by atoms with Gasteiger partial charge in [-0.25, -0.2) is 4.39 Å². The third kappa shape index (κ3) is 2.81. The van der Waals surface area contributed by atoms with Crippen molar-refractivity contribution < 1.29 is 18.8 Å². The minimum absolute atomic E-state index is 0.121. The van der Waals surface area contributed by atoms with Gasteiger partial charge in [0.15, 0.2) is 0 Å². The second-order valence-electron chi connectivity index (χ2n) is 8.07. The molecule has 1 aromatic rings. The summed E-state index contributed by atoms with van der Waals surface area (Å²) in [7, 11) is 0. The summed E-state index contributed by atoms with van der Waals surface area (Å²) in [6.07, 6.45) is 1.94. The molecule has 0 aromatic heterocycles. The Balaban J connectivity index is 1.59. The number of hydrogen-bond acceptors (Lipinski definition) is 3. The summed E-state index contributed by atoms with van der Waals surface area (Å²) < 4.78 is 13.6.